The SMILES string of the molecule is Cc1nc([C@H]2CCCCN2Cc2cccc(C(N)=O)c2)n[nH]1. The molecule has 1 aromatic heterocycles. The predicted molar refractivity (Wildman–Crippen MR) is 83.1 cm³/mol. The third kappa shape index (κ3) is 3.17. The van der Waals surface area contributed by atoms with Gasteiger partial charge in [-0.05, 0) is 44.0 Å². The molecule has 0 spiro atoms. The molecule has 2 aromatic rings. The van der Waals surface area contributed by atoms with E-state index in [0.717, 1.165) is 36.7 Å². The van der Waals surface area contributed by atoms with Crippen LogP contribution in [0.4, 0.5) is 0 Å². The van der Waals surface area contributed by atoms with Crippen LogP contribution in [0.1, 0.15) is 52.9 Å². The summed E-state index contributed by atoms with van der Waals surface area (Å²) in [7, 11) is 0. The lowest BCUT2D eigenvalue weighted by molar-refractivity contribution is 0.0999. The van der Waals surface area contributed by atoms with Crippen LogP contribution in [0.25, 0.3) is 0 Å². The molecule has 1 fully saturated rings. The summed E-state index contributed by atoms with van der Waals surface area (Å²) < 4.78 is 0. The number of nitrogens with zero attached hydrogens (tertiary/aromatic N) is 3. The number of likely N-dealkylation sites (tertiary alicyclic amines) is 1. The maximum atomic E-state index is 11.3. The molecule has 0 radical (unpaired) electrons. The van der Waals surface area contributed by atoms with Crippen molar-refractivity contribution >= 4 is 5.91 Å². The quantitative estimate of drug-likeness (QED) is 0.903. The Morgan fingerprint density at radius 1 is 1.45 bits per heavy atom. The van der Waals surface area contributed by atoms with Crippen LogP contribution < -0.4 is 5.73 Å². The summed E-state index contributed by atoms with van der Waals surface area (Å²) in [5.74, 6) is 1.32. The normalized spacial score (nSPS) is 19.2. The smallest absolute Gasteiger partial charge is 0.248 e. The van der Waals surface area contributed by atoms with Crippen molar-refractivity contribution < 1.29 is 4.79 Å². The molecule has 3 N–H and O–H groups in total. The van der Waals surface area contributed by atoms with Crippen molar-refractivity contribution in [2.24, 2.45) is 5.73 Å². The molecule has 2 heterocycles. The van der Waals surface area contributed by atoms with E-state index in [9.17, 15) is 4.79 Å². The van der Waals surface area contributed by atoms with Crippen molar-refractivity contribution in [1.82, 2.24) is 20.1 Å². The molecule has 1 aliphatic rings. The van der Waals surface area contributed by atoms with E-state index < -0.39 is 0 Å². The molecule has 0 unspecified atom stereocenters. The zero-order chi connectivity index (χ0) is 15.5. The zero-order valence-corrected chi connectivity index (χ0v) is 12.7. The molecule has 1 aromatic carbocycles. The topological polar surface area (TPSA) is 87.9 Å². The number of primary amides is 1. The van der Waals surface area contributed by atoms with Gasteiger partial charge in [0.05, 0.1) is 6.04 Å². The van der Waals surface area contributed by atoms with E-state index in [0.29, 0.717) is 5.56 Å². The van der Waals surface area contributed by atoms with E-state index in [4.69, 9.17) is 5.73 Å². The third-order valence-electron chi connectivity index (χ3n) is 4.12. The lowest BCUT2D eigenvalue weighted by Crippen LogP contribution is -2.33. The number of aryl methyl sites for hydroxylation is 1. The van der Waals surface area contributed by atoms with E-state index in [1.807, 2.05) is 25.1 Å². The van der Waals surface area contributed by atoms with Gasteiger partial charge < -0.3 is 5.73 Å². The summed E-state index contributed by atoms with van der Waals surface area (Å²) in [6.45, 7) is 3.71. The number of carbonyl (C=O) groups is 1. The number of nitrogens with one attached hydrogen (secondary N) is 1. The van der Waals surface area contributed by atoms with Crippen molar-refractivity contribution in [3.8, 4) is 0 Å². The van der Waals surface area contributed by atoms with Crippen LogP contribution in [0.5, 0.6) is 0 Å². The number of carbonyl (C=O) groups excluding carboxylic acids is 1. The molecule has 1 aliphatic heterocycles. The Kier molecular flexibility index (Phi) is 4.20. The minimum Gasteiger partial charge on any atom is -0.366 e. The third-order valence-corrected chi connectivity index (χ3v) is 4.12. The molecule has 0 bridgehead atoms. The van der Waals surface area contributed by atoms with Crippen LogP contribution >= 0.6 is 0 Å². The molecule has 0 saturated carbocycles. The fourth-order valence-electron chi connectivity index (χ4n) is 3.04. The number of aromatic amines is 1. The standard InChI is InChI=1S/C16H21N5O/c1-11-18-16(20-19-11)14-7-2-3-8-21(14)10-12-5-4-6-13(9-12)15(17)22/h4-6,9,14H,2-3,7-8,10H2,1H3,(H2,17,22)(H,18,19,20)/t14-/m1/s1. The Labute approximate surface area is 129 Å². The van der Waals surface area contributed by atoms with E-state index in [1.165, 1.54) is 12.8 Å². The first kappa shape index (κ1) is 14.7. The first-order valence-corrected chi connectivity index (χ1v) is 7.65. The number of aromatic nitrogens is 3. The van der Waals surface area contributed by atoms with Crippen LogP contribution in [0.15, 0.2) is 24.3 Å². The number of amides is 1. The van der Waals surface area contributed by atoms with Gasteiger partial charge in [0.25, 0.3) is 0 Å². The number of rotatable bonds is 4. The highest BCUT2D eigenvalue weighted by Crippen LogP contribution is 2.30. The minimum absolute atomic E-state index is 0.232. The fourth-order valence-corrected chi connectivity index (χ4v) is 3.04. The molecule has 1 atom stereocenters. The molecule has 1 saturated heterocycles. The second kappa shape index (κ2) is 6.27. The summed E-state index contributed by atoms with van der Waals surface area (Å²) >= 11 is 0. The van der Waals surface area contributed by atoms with E-state index in [1.54, 1.807) is 6.07 Å². The second-order valence-electron chi connectivity index (χ2n) is 5.83. The molecule has 22 heavy (non-hydrogen) atoms. The van der Waals surface area contributed by atoms with Crippen molar-refractivity contribution in [3.63, 3.8) is 0 Å². The number of piperidine rings is 1. The Balaban J connectivity index is 1.79. The largest absolute Gasteiger partial charge is 0.366 e. The monoisotopic (exact) mass is 299 g/mol. The van der Waals surface area contributed by atoms with Crippen molar-refractivity contribution in [3.05, 3.63) is 47.0 Å². The number of H-pyrrole nitrogens is 1. The molecule has 116 valence electrons. The molecule has 6 heteroatoms. The Morgan fingerprint density at radius 2 is 2.32 bits per heavy atom. The summed E-state index contributed by atoms with van der Waals surface area (Å²) in [4.78, 5) is 18.2. The van der Waals surface area contributed by atoms with Crippen LogP contribution in [-0.4, -0.2) is 32.5 Å². The zero-order valence-electron chi connectivity index (χ0n) is 12.7. The van der Waals surface area contributed by atoms with Gasteiger partial charge in [0, 0.05) is 12.1 Å². The molecule has 1 amide bonds. The van der Waals surface area contributed by atoms with Gasteiger partial charge in [-0.2, -0.15) is 5.10 Å². The molecular weight excluding hydrogens is 278 g/mol. The lowest BCUT2D eigenvalue weighted by atomic mass is 10.00. The number of hydrogen-bond acceptors (Lipinski definition) is 4. The van der Waals surface area contributed by atoms with Gasteiger partial charge in [-0.15, -0.1) is 0 Å². The Morgan fingerprint density at radius 3 is 3.05 bits per heavy atom. The Hall–Kier alpha value is -2.21. The maximum Gasteiger partial charge on any atom is 0.248 e. The predicted octanol–water partition coefficient (Wildman–Crippen LogP) is 1.94. The summed E-state index contributed by atoms with van der Waals surface area (Å²) in [5, 5.41) is 7.25. The Bertz CT molecular complexity index is 666. The van der Waals surface area contributed by atoms with Crippen molar-refractivity contribution in [1.29, 1.82) is 0 Å². The van der Waals surface area contributed by atoms with Crippen molar-refractivity contribution in [2.75, 3.05) is 6.54 Å². The minimum atomic E-state index is -0.387. The van der Waals surface area contributed by atoms with Crippen LogP contribution in [0, 0.1) is 6.92 Å². The molecular formula is C16H21N5O. The van der Waals surface area contributed by atoms with E-state index >= 15 is 0 Å². The number of nitrogens with two attached hydrogens (primary N) is 1. The lowest BCUT2D eigenvalue weighted by Gasteiger charge is -2.34. The first-order valence-electron chi connectivity index (χ1n) is 7.65. The van der Waals surface area contributed by atoms with Gasteiger partial charge in [0.15, 0.2) is 5.82 Å². The number of benzene rings is 1. The van der Waals surface area contributed by atoms with Gasteiger partial charge >= 0.3 is 0 Å². The van der Waals surface area contributed by atoms with Gasteiger partial charge in [0.2, 0.25) is 5.91 Å². The number of hydrogen-bond donors (Lipinski definition) is 2. The van der Waals surface area contributed by atoms with Gasteiger partial charge in [-0.25, -0.2) is 4.98 Å². The summed E-state index contributed by atoms with van der Waals surface area (Å²) in [6.07, 6.45) is 3.43. The fraction of sp³-hybridized carbons (Fsp3) is 0.438. The maximum absolute atomic E-state index is 11.3. The average Bonchev–Trinajstić information content (AvgIpc) is 2.94. The van der Waals surface area contributed by atoms with Crippen LogP contribution in [0.2, 0.25) is 0 Å². The first-order chi connectivity index (χ1) is 10.6. The highest BCUT2D eigenvalue weighted by atomic mass is 16.1. The van der Waals surface area contributed by atoms with Gasteiger partial charge in [-0.1, -0.05) is 18.6 Å². The summed E-state index contributed by atoms with van der Waals surface area (Å²) in [5.41, 5.74) is 7.01. The van der Waals surface area contributed by atoms with Crippen LogP contribution in [-0.2, 0) is 6.54 Å². The molecule has 3 rings (SSSR count). The second-order valence-corrected chi connectivity index (χ2v) is 5.83. The highest BCUT2D eigenvalue weighted by Gasteiger charge is 2.27. The summed E-state index contributed by atoms with van der Waals surface area (Å²) in [6, 6.07) is 7.76. The molecule has 6 nitrogen and oxygen atoms in total. The van der Waals surface area contributed by atoms with Crippen LogP contribution in [0.3, 0.4) is 0 Å². The average molecular weight is 299 g/mol. The highest BCUT2D eigenvalue weighted by molar-refractivity contribution is 5.92. The van der Waals surface area contributed by atoms with E-state index in [2.05, 4.69) is 20.1 Å². The van der Waals surface area contributed by atoms with Crippen molar-refractivity contribution in [2.45, 2.75) is 38.8 Å². The van der Waals surface area contributed by atoms with Gasteiger partial charge in [-0.3, -0.25) is 14.8 Å². The van der Waals surface area contributed by atoms with E-state index in [-0.39, 0.29) is 11.9 Å². The van der Waals surface area contributed by atoms with Gasteiger partial charge in [0.1, 0.15) is 5.82 Å². The molecule has 0 aliphatic carbocycles.